The van der Waals surface area contributed by atoms with E-state index < -0.39 is 0 Å². The number of methoxy groups -OCH3 is 1. The molecule has 3 aromatic carbocycles. The van der Waals surface area contributed by atoms with E-state index in [1.165, 1.54) is 0 Å². The van der Waals surface area contributed by atoms with Gasteiger partial charge in [-0.15, -0.1) is 0 Å². The van der Waals surface area contributed by atoms with E-state index in [1.807, 2.05) is 88.7 Å². The third kappa shape index (κ3) is 4.24. The van der Waals surface area contributed by atoms with Gasteiger partial charge in [-0.3, -0.25) is 4.90 Å². The second-order valence-electron chi connectivity index (χ2n) is 7.78. The number of nitrogens with zero attached hydrogens (tertiary/aromatic N) is 3. The van der Waals surface area contributed by atoms with Gasteiger partial charge in [-0.25, -0.2) is 4.79 Å². The first kappa shape index (κ1) is 20.5. The van der Waals surface area contributed by atoms with Crippen molar-refractivity contribution < 1.29 is 9.53 Å². The van der Waals surface area contributed by atoms with Gasteiger partial charge in [0, 0.05) is 12.2 Å². The van der Waals surface area contributed by atoms with Crippen LogP contribution in [-0.4, -0.2) is 30.1 Å². The van der Waals surface area contributed by atoms with Crippen molar-refractivity contribution in [2.75, 3.05) is 12.0 Å². The average Bonchev–Trinajstić information content (AvgIpc) is 3.04. The highest BCUT2D eigenvalue weighted by molar-refractivity contribution is 5.95. The Morgan fingerprint density at radius 3 is 2.23 bits per heavy atom. The Labute approximate surface area is 183 Å². The summed E-state index contributed by atoms with van der Waals surface area (Å²) >= 11 is 0. The van der Waals surface area contributed by atoms with Gasteiger partial charge in [-0.05, 0) is 60.9 Å². The van der Waals surface area contributed by atoms with Crippen molar-refractivity contribution in [2.24, 2.45) is 0 Å². The smallest absolute Gasteiger partial charge is 0.325 e. The Morgan fingerprint density at radius 2 is 1.61 bits per heavy atom. The van der Waals surface area contributed by atoms with Gasteiger partial charge in [0.1, 0.15) is 5.75 Å². The molecule has 4 rings (SSSR count). The van der Waals surface area contributed by atoms with Crippen LogP contribution in [0, 0.1) is 11.3 Å². The van der Waals surface area contributed by atoms with Crippen LogP contribution in [0.3, 0.4) is 0 Å². The maximum absolute atomic E-state index is 13.6. The molecule has 5 heteroatoms. The van der Waals surface area contributed by atoms with Crippen molar-refractivity contribution in [1.82, 2.24) is 4.90 Å². The van der Waals surface area contributed by atoms with Crippen molar-refractivity contribution >= 4 is 11.7 Å². The Kier molecular flexibility index (Phi) is 5.90. The molecular weight excluding hydrogens is 386 g/mol. The molecule has 1 aliphatic rings. The van der Waals surface area contributed by atoms with E-state index in [1.54, 1.807) is 7.11 Å². The Morgan fingerprint density at radius 1 is 0.935 bits per heavy atom. The fraction of sp³-hybridized carbons (Fsp3) is 0.231. The van der Waals surface area contributed by atoms with Gasteiger partial charge in [0.05, 0.1) is 30.8 Å². The number of urea groups is 1. The number of benzene rings is 3. The highest BCUT2D eigenvalue weighted by Crippen LogP contribution is 2.33. The molecule has 0 saturated carbocycles. The Hall–Kier alpha value is -3.78. The van der Waals surface area contributed by atoms with Gasteiger partial charge in [0.2, 0.25) is 0 Å². The van der Waals surface area contributed by atoms with E-state index in [2.05, 4.69) is 13.0 Å². The van der Waals surface area contributed by atoms with E-state index in [0.29, 0.717) is 18.5 Å². The predicted molar refractivity (Wildman–Crippen MR) is 121 cm³/mol. The standard InChI is InChI=1S/C26H25N3O2/c1-19-25(16-20-8-10-21(17-27)11-9-20)29(23-12-14-24(31-2)15-13-23)26(30)28(19)18-22-6-4-3-5-7-22/h3-15,19,25H,16,18H2,1-2H3/t19-,25-/m1/s1. The van der Waals surface area contributed by atoms with Gasteiger partial charge >= 0.3 is 6.03 Å². The highest BCUT2D eigenvalue weighted by Gasteiger charge is 2.43. The first-order chi connectivity index (χ1) is 15.1. The summed E-state index contributed by atoms with van der Waals surface area (Å²) in [6.45, 7) is 2.68. The minimum atomic E-state index is -0.0301. The minimum absolute atomic E-state index is 0.000153. The average molecular weight is 412 g/mol. The summed E-state index contributed by atoms with van der Waals surface area (Å²) in [6, 6.07) is 27.4. The second kappa shape index (κ2) is 8.93. The summed E-state index contributed by atoms with van der Waals surface area (Å²) in [5, 5.41) is 9.08. The van der Waals surface area contributed by atoms with Gasteiger partial charge in [0.25, 0.3) is 0 Å². The predicted octanol–water partition coefficient (Wildman–Crippen LogP) is 5.01. The highest BCUT2D eigenvalue weighted by atomic mass is 16.5. The zero-order valence-electron chi connectivity index (χ0n) is 17.7. The maximum atomic E-state index is 13.6. The zero-order valence-corrected chi connectivity index (χ0v) is 17.7. The molecule has 3 aromatic rings. The van der Waals surface area contributed by atoms with Crippen LogP contribution in [0.4, 0.5) is 10.5 Å². The summed E-state index contributed by atoms with van der Waals surface area (Å²) < 4.78 is 5.28. The van der Waals surface area contributed by atoms with Crippen LogP contribution in [-0.2, 0) is 13.0 Å². The van der Waals surface area contributed by atoms with E-state index in [0.717, 1.165) is 22.6 Å². The van der Waals surface area contributed by atoms with Gasteiger partial charge in [0.15, 0.2) is 0 Å². The fourth-order valence-electron chi connectivity index (χ4n) is 4.13. The Bertz CT molecular complexity index is 1070. The quantitative estimate of drug-likeness (QED) is 0.573. The number of hydrogen-bond acceptors (Lipinski definition) is 3. The molecule has 0 N–H and O–H groups in total. The lowest BCUT2D eigenvalue weighted by Gasteiger charge is -2.26. The molecule has 1 aliphatic heterocycles. The third-order valence-corrected chi connectivity index (χ3v) is 5.91. The molecule has 1 saturated heterocycles. The molecule has 2 amide bonds. The van der Waals surface area contributed by atoms with Gasteiger partial charge in [-0.2, -0.15) is 5.26 Å². The maximum Gasteiger partial charge on any atom is 0.325 e. The second-order valence-corrected chi connectivity index (χ2v) is 7.78. The summed E-state index contributed by atoms with van der Waals surface area (Å²) in [4.78, 5) is 17.4. The van der Waals surface area contributed by atoms with Crippen LogP contribution in [0.5, 0.6) is 5.75 Å². The molecule has 0 aliphatic carbocycles. The van der Waals surface area contributed by atoms with Crippen molar-refractivity contribution in [3.63, 3.8) is 0 Å². The molecule has 0 radical (unpaired) electrons. The number of carbonyl (C=O) groups is 1. The SMILES string of the molecule is COc1ccc(N2C(=O)N(Cc3ccccc3)[C@H](C)[C@H]2Cc2ccc(C#N)cc2)cc1. The number of rotatable bonds is 6. The number of hydrogen-bond donors (Lipinski definition) is 0. The molecule has 1 fully saturated rings. The molecule has 31 heavy (non-hydrogen) atoms. The monoisotopic (exact) mass is 411 g/mol. The lowest BCUT2D eigenvalue weighted by atomic mass is 9.98. The van der Waals surface area contributed by atoms with Gasteiger partial charge < -0.3 is 9.64 Å². The largest absolute Gasteiger partial charge is 0.497 e. The van der Waals surface area contributed by atoms with E-state index >= 15 is 0 Å². The summed E-state index contributed by atoms with van der Waals surface area (Å²) in [6.07, 6.45) is 0.704. The number of amides is 2. The molecule has 5 nitrogen and oxygen atoms in total. The van der Waals surface area contributed by atoms with Crippen molar-refractivity contribution in [3.05, 3.63) is 95.6 Å². The van der Waals surface area contributed by atoms with Crippen LogP contribution in [0.15, 0.2) is 78.9 Å². The van der Waals surface area contributed by atoms with Crippen molar-refractivity contribution in [2.45, 2.75) is 32.0 Å². The number of anilines is 1. The summed E-state index contributed by atoms with van der Waals surface area (Å²) in [5.41, 5.74) is 3.70. The van der Waals surface area contributed by atoms with Crippen LogP contribution in [0.2, 0.25) is 0 Å². The van der Waals surface area contributed by atoms with Crippen LogP contribution in [0.1, 0.15) is 23.6 Å². The molecule has 0 unspecified atom stereocenters. The summed E-state index contributed by atoms with van der Waals surface area (Å²) in [5.74, 6) is 0.758. The lowest BCUT2D eigenvalue weighted by Crippen LogP contribution is -2.37. The van der Waals surface area contributed by atoms with Crippen molar-refractivity contribution in [1.29, 1.82) is 5.26 Å². The van der Waals surface area contributed by atoms with Gasteiger partial charge in [-0.1, -0.05) is 42.5 Å². The first-order valence-corrected chi connectivity index (χ1v) is 10.4. The minimum Gasteiger partial charge on any atom is -0.497 e. The topological polar surface area (TPSA) is 56.6 Å². The summed E-state index contributed by atoms with van der Waals surface area (Å²) in [7, 11) is 1.63. The Balaban J connectivity index is 1.66. The third-order valence-electron chi connectivity index (χ3n) is 5.91. The fourth-order valence-corrected chi connectivity index (χ4v) is 4.13. The normalized spacial score (nSPS) is 18.2. The molecular formula is C26H25N3O2. The lowest BCUT2D eigenvalue weighted by molar-refractivity contribution is 0.203. The molecule has 156 valence electrons. The molecule has 2 atom stereocenters. The molecule has 0 spiro atoms. The molecule has 1 heterocycles. The first-order valence-electron chi connectivity index (χ1n) is 10.4. The van der Waals surface area contributed by atoms with E-state index in [4.69, 9.17) is 10.00 Å². The van der Waals surface area contributed by atoms with Crippen molar-refractivity contribution in [3.8, 4) is 11.8 Å². The number of carbonyl (C=O) groups excluding carboxylic acids is 1. The molecule has 0 bridgehead atoms. The van der Waals surface area contributed by atoms with E-state index in [9.17, 15) is 4.79 Å². The zero-order chi connectivity index (χ0) is 21.8. The number of ether oxygens (including phenoxy) is 1. The van der Waals surface area contributed by atoms with Crippen LogP contribution < -0.4 is 9.64 Å². The van der Waals surface area contributed by atoms with E-state index in [-0.39, 0.29) is 18.1 Å². The number of nitriles is 1. The van der Waals surface area contributed by atoms with Crippen LogP contribution >= 0.6 is 0 Å². The van der Waals surface area contributed by atoms with Crippen LogP contribution in [0.25, 0.3) is 0 Å². The molecule has 0 aromatic heterocycles.